The van der Waals surface area contributed by atoms with Crippen molar-refractivity contribution in [2.75, 3.05) is 50.1 Å². The van der Waals surface area contributed by atoms with Gasteiger partial charge in [0.15, 0.2) is 0 Å². The van der Waals surface area contributed by atoms with Gasteiger partial charge in [-0.15, -0.1) is 0 Å². The molecule has 2 saturated heterocycles. The van der Waals surface area contributed by atoms with Gasteiger partial charge in [0, 0.05) is 52.2 Å². The Kier molecular flexibility index (Phi) is 5.75. The molecule has 5 rings (SSSR count). The standard InChI is InChI=1S/C25H23FN6O4/c1-28-22(33)19(23(34)29(2)25(28)36)15-18-21(27-20-5-3-4-10-32(20)24(18)35)31-13-11-30(12-14-31)17-8-6-16(26)7-9-17/h3-10,15H,11-14H2,1-2H3. The molecule has 0 bridgehead atoms. The lowest BCUT2D eigenvalue weighted by Gasteiger charge is -2.37. The number of likely N-dealkylation sites (N-methyl/N-ethyl adjacent to an activating group) is 2. The Balaban J connectivity index is 1.56. The highest BCUT2D eigenvalue weighted by Gasteiger charge is 2.38. The molecule has 2 aromatic heterocycles. The summed E-state index contributed by atoms with van der Waals surface area (Å²) in [5.74, 6) is -1.53. The van der Waals surface area contributed by atoms with E-state index in [9.17, 15) is 23.6 Å². The van der Waals surface area contributed by atoms with Crippen LogP contribution in [0.4, 0.5) is 20.7 Å². The number of barbiturate groups is 1. The SMILES string of the molecule is CN1C(=O)C(=Cc2c(N3CCN(c4ccc(F)cc4)CC3)nc3ccccn3c2=O)C(=O)N(C)C1=O. The third kappa shape index (κ3) is 3.88. The number of fused-ring (bicyclic) bond motifs is 1. The van der Waals surface area contributed by atoms with Crippen LogP contribution in [0.1, 0.15) is 5.56 Å². The molecule has 1 aromatic carbocycles. The zero-order valence-electron chi connectivity index (χ0n) is 19.7. The number of anilines is 2. The molecule has 0 aliphatic carbocycles. The number of hydrogen-bond donors (Lipinski definition) is 0. The van der Waals surface area contributed by atoms with Gasteiger partial charge in [-0.2, -0.15) is 0 Å². The van der Waals surface area contributed by atoms with Crippen molar-refractivity contribution in [2.45, 2.75) is 0 Å². The van der Waals surface area contributed by atoms with Crippen LogP contribution >= 0.6 is 0 Å². The van der Waals surface area contributed by atoms with Crippen LogP contribution in [0.3, 0.4) is 0 Å². The fourth-order valence-corrected chi connectivity index (χ4v) is 4.41. The first-order valence-electron chi connectivity index (χ1n) is 11.3. The van der Waals surface area contributed by atoms with Crippen molar-refractivity contribution in [2.24, 2.45) is 0 Å². The van der Waals surface area contributed by atoms with Gasteiger partial charge in [0.05, 0.1) is 5.56 Å². The minimum Gasteiger partial charge on any atom is -0.368 e. The summed E-state index contributed by atoms with van der Waals surface area (Å²) < 4.78 is 14.7. The van der Waals surface area contributed by atoms with E-state index in [1.54, 1.807) is 36.5 Å². The molecule has 10 nitrogen and oxygen atoms in total. The molecule has 2 aliphatic heterocycles. The number of carbonyl (C=O) groups is 3. The van der Waals surface area contributed by atoms with E-state index in [-0.39, 0.29) is 17.0 Å². The predicted octanol–water partition coefficient (Wildman–Crippen LogP) is 1.59. The van der Waals surface area contributed by atoms with Gasteiger partial charge in [-0.3, -0.25) is 28.6 Å². The zero-order valence-corrected chi connectivity index (χ0v) is 19.7. The van der Waals surface area contributed by atoms with E-state index >= 15 is 0 Å². The van der Waals surface area contributed by atoms with Crippen molar-refractivity contribution in [3.63, 3.8) is 0 Å². The van der Waals surface area contributed by atoms with E-state index in [1.807, 2.05) is 4.90 Å². The quantitative estimate of drug-likeness (QED) is 0.406. The Bertz CT molecular complexity index is 1450. The predicted molar refractivity (Wildman–Crippen MR) is 131 cm³/mol. The Morgan fingerprint density at radius 1 is 0.833 bits per heavy atom. The van der Waals surface area contributed by atoms with Gasteiger partial charge in [0.1, 0.15) is 22.9 Å². The number of amides is 4. The van der Waals surface area contributed by atoms with E-state index in [2.05, 4.69) is 4.90 Å². The highest BCUT2D eigenvalue weighted by molar-refractivity contribution is 6.30. The molecule has 2 aliphatic rings. The van der Waals surface area contributed by atoms with Gasteiger partial charge < -0.3 is 9.80 Å². The van der Waals surface area contributed by atoms with Crippen LogP contribution in [0.25, 0.3) is 11.7 Å². The van der Waals surface area contributed by atoms with Crippen LogP contribution < -0.4 is 15.4 Å². The van der Waals surface area contributed by atoms with Crippen LogP contribution in [-0.2, 0) is 9.59 Å². The van der Waals surface area contributed by atoms with Crippen molar-refractivity contribution in [1.82, 2.24) is 19.2 Å². The minimum atomic E-state index is -0.785. The normalized spacial score (nSPS) is 16.9. The maximum Gasteiger partial charge on any atom is 0.333 e. The fourth-order valence-electron chi connectivity index (χ4n) is 4.41. The summed E-state index contributed by atoms with van der Waals surface area (Å²) in [6, 6.07) is 10.7. The van der Waals surface area contributed by atoms with E-state index in [1.165, 1.54) is 36.7 Å². The maximum atomic E-state index is 13.5. The summed E-state index contributed by atoms with van der Waals surface area (Å²) in [6.07, 6.45) is 2.80. The first kappa shape index (κ1) is 23.2. The largest absolute Gasteiger partial charge is 0.368 e. The number of rotatable bonds is 3. The number of benzene rings is 1. The molecule has 2 fully saturated rings. The first-order chi connectivity index (χ1) is 17.3. The molecule has 0 spiro atoms. The van der Waals surface area contributed by atoms with Crippen LogP contribution in [0.2, 0.25) is 0 Å². The number of nitrogens with zero attached hydrogens (tertiary/aromatic N) is 6. The molecule has 0 atom stereocenters. The number of halogens is 1. The van der Waals surface area contributed by atoms with E-state index in [4.69, 9.17) is 4.98 Å². The molecule has 11 heteroatoms. The van der Waals surface area contributed by atoms with Gasteiger partial charge >= 0.3 is 6.03 Å². The van der Waals surface area contributed by atoms with Gasteiger partial charge in [-0.05, 0) is 42.5 Å². The molecule has 4 heterocycles. The number of imide groups is 2. The second-order valence-electron chi connectivity index (χ2n) is 8.60. The Morgan fingerprint density at radius 3 is 2.08 bits per heavy atom. The van der Waals surface area contributed by atoms with Gasteiger partial charge in [0.25, 0.3) is 17.4 Å². The zero-order chi connectivity index (χ0) is 25.6. The number of pyridine rings is 1. The average molecular weight is 490 g/mol. The summed E-state index contributed by atoms with van der Waals surface area (Å²) in [4.78, 5) is 61.6. The van der Waals surface area contributed by atoms with E-state index < -0.39 is 23.4 Å². The highest BCUT2D eigenvalue weighted by atomic mass is 19.1. The molecule has 0 radical (unpaired) electrons. The van der Waals surface area contributed by atoms with Crippen LogP contribution in [0.15, 0.2) is 59.0 Å². The summed E-state index contributed by atoms with van der Waals surface area (Å²) in [5.41, 5.74) is 0.666. The van der Waals surface area contributed by atoms with E-state index in [0.29, 0.717) is 37.6 Å². The smallest absolute Gasteiger partial charge is 0.333 e. The molecule has 0 N–H and O–H groups in total. The number of piperazine rings is 1. The molecule has 36 heavy (non-hydrogen) atoms. The van der Waals surface area contributed by atoms with Crippen LogP contribution in [0, 0.1) is 5.82 Å². The third-order valence-electron chi connectivity index (χ3n) is 6.45. The fraction of sp³-hybridized carbons (Fsp3) is 0.240. The Labute approximate surface area is 205 Å². The summed E-state index contributed by atoms with van der Waals surface area (Å²) in [6.45, 7) is 2.19. The van der Waals surface area contributed by atoms with Gasteiger partial charge in [-0.1, -0.05) is 6.07 Å². The van der Waals surface area contributed by atoms with Crippen molar-refractivity contribution in [3.8, 4) is 0 Å². The monoisotopic (exact) mass is 490 g/mol. The Hall–Kier alpha value is -4.54. The van der Waals surface area contributed by atoms with Gasteiger partial charge in [0.2, 0.25) is 0 Å². The first-order valence-corrected chi connectivity index (χ1v) is 11.3. The molecule has 184 valence electrons. The third-order valence-corrected chi connectivity index (χ3v) is 6.45. The summed E-state index contributed by atoms with van der Waals surface area (Å²) in [5, 5.41) is 0. The van der Waals surface area contributed by atoms with Crippen molar-refractivity contribution in [1.29, 1.82) is 0 Å². The Morgan fingerprint density at radius 2 is 1.44 bits per heavy atom. The lowest BCUT2D eigenvalue weighted by Crippen LogP contribution is -2.53. The van der Waals surface area contributed by atoms with Crippen LogP contribution in [0.5, 0.6) is 0 Å². The second-order valence-corrected chi connectivity index (χ2v) is 8.60. The topological polar surface area (TPSA) is 98.5 Å². The van der Waals surface area contributed by atoms with Crippen molar-refractivity contribution in [3.05, 3.63) is 76.0 Å². The van der Waals surface area contributed by atoms with Crippen molar-refractivity contribution >= 4 is 41.1 Å². The van der Waals surface area contributed by atoms with E-state index in [0.717, 1.165) is 15.5 Å². The summed E-state index contributed by atoms with van der Waals surface area (Å²) in [7, 11) is 2.56. The lowest BCUT2D eigenvalue weighted by molar-refractivity contribution is -0.134. The maximum absolute atomic E-state index is 13.5. The minimum absolute atomic E-state index is 0.0850. The highest BCUT2D eigenvalue weighted by Crippen LogP contribution is 2.25. The average Bonchev–Trinajstić information content (AvgIpc) is 2.90. The number of carbonyl (C=O) groups excluding carboxylic acids is 3. The molecule has 4 amide bonds. The van der Waals surface area contributed by atoms with Crippen molar-refractivity contribution < 1.29 is 18.8 Å². The molecule has 0 saturated carbocycles. The molecular formula is C25H23FN6O4. The lowest BCUT2D eigenvalue weighted by atomic mass is 10.1. The molecule has 3 aromatic rings. The number of urea groups is 1. The van der Waals surface area contributed by atoms with Gasteiger partial charge in [-0.25, -0.2) is 14.2 Å². The summed E-state index contributed by atoms with van der Waals surface area (Å²) >= 11 is 0. The van der Waals surface area contributed by atoms with Crippen LogP contribution in [-0.4, -0.2) is 77.3 Å². The number of aromatic nitrogens is 2. The second kappa shape index (κ2) is 8.91. The number of hydrogen-bond acceptors (Lipinski definition) is 7. The molecular weight excluding hydrogens is 467 g/mol. The molecule has 0 unspecified atom stereocenters.